The minimum absolute atomic E-state index is 0.0152. The van der Waals surface area contributed by atoms with Gasteiger partial charge in [0.05, 0.1) is 0 Å². The highest BCUT2D eigenvalue weighted by Gasteiger charge is 2.29. The molecule has 0 radical (unpaired) electrons. The molecule has 0 bridgehead atoms. The Bertz CT molecular complexity index is 1010. The van der Waals surface area contributed by atoms with Crippen molar-refractivity contribution in [1.29, 1.82) is 0 Å². The van der Waals surface area contributed by atoms with Crippen molar-refractivity contribution in [3.8, 4) is 11.1 Å². The van der Waals surface area contributed by atoms with E-state index in [-0.39, 0.29) is 42.7 Å². The van der Waals surface area contributed by atoms with Crippen molar-refractivity contribution < 1.29 is 24.2 Å². The Morgan fingerprint density at radius 3 is 2.11 bits per heavy atom. The summed E-state index contributed by atoms with van der Waals surface area (Å²) in [4.78, 5) is 36.2. The van der Waals surface area contributed by atoms with Gasteiger partial charge in [0.25, 0.3) is 0 Å². The number of fused-ring (bicyclic) bond motifs is 3. The molecule has 7 nitrogen and oxygen atoms in total. The van der Waals surface area contributed by atoms with Crippen molar-refractivity contribution in [1.82, 2.24) is 10.6 Å². The number of benzene rings is 2. The Morgan fingerprint density at radius 1 is 1.00 bits per heavy atom. The second-order valence-corrected chi connectivity index (χ2v) is 10.6. The number of ether oxygens (including phenoxy) is 1. The number of rotatable bonds is 10. The molecule has 0 heterocycles. The smallest absolute Gasteiger partial charge is 0.407 e. The predicted octanol–water partition coefficient (Wildman–Crippen LogP) is 4.95. The van der Waals surface area contributed by atoms with E-state index in [0.29, 0.717) is 12.8 Å². The van der Waals surface area contributed by atoms with Gasteiger partial charge in [-0.25, -0.2) is 9.59 Å². The maximum absolute atomic E-state index is 12.4. The number of aliphatic carboxylic acids is 1. The summed E-state index contributed by atoms with van der Waals surface area (Å²) < 4.78 is 5.53. The van der Waals surface area contributed by atoms with Gasteiger partial charge in [-0.1, -0.05) is 76.2 Å². The molecular weight excluding hydrogens is 444 g/mol. The van der Waals surface area contributed by atoms with Crippen molar-refractivity contribution in [3.63, 3.8) is 0 Å². The summed E-state index contributed by atoms with van der Waals surface area (Å²) in [5, 5.41) is 14.7. The van der Waals surface area contributed by atoms with Gasteiger partial charge in [0, 0.05) is 18.9 Å². The molecule has 0 saturated heterocycles. The Hall–Kier alpha value is -3.35. The fourth-order valence-corrected chi connectivity index (χ4v) is 4.38. The SMILES string of the molecule is CC(CNC(=O)OCC1c2ccccc2-c2ccccc21)CC(=O)NC(CCC(C)(C)C)C(=O)O. The van der Waals surface area contributed by atoms with Crippen LogP contribution in [0.2, 0.25) is 0 Å². The van der Waals surface area contributed by atoms with Gasteiger partial charge in [-0.15, -0.1) is 0 Å². The molecule has 1 aliphatic rings. The average molecular weight is 481 g/mol. The monoisotopic (exact) mass is 480 g/mol. The van der Waals surface area contributed by atoms with Gasteiger partial charge in [-0.3, -0.25) is 4.79 Å². The molecule has 0 saturated carbocycles. The summed E-state index contributed by atoms with van der Waals surface area (Å²) in [5.41, 5.74) is 4.60. The van der Waals surface area contributed by atoms with E-state index in [2.05, 4.69) is 34.9 Å². The van der Waals surface area contributed by atoms with Gasteiger partial charge < -0.3 is 20.5 Å². The zero-order valence-corrected chi connectivity index (χ0v) is 21.0. The lowest BCUT2D eigenvalue weighted by Crippen LogP contribution is -2.42. The third kappa shape index (κ3) is 7.31. The molecule has 1 aliphatic carbocycles. The molecule has 0 fully saturated rings. The first kappa shape index (κ1) is 26.3. The van der Waals surface area contributed by atoms with Crippen LogP contribution in [-0.2, 0) is 14.3 Å². The van der Waals surface area contributed by atoms with E-state index >= 15 is 0 Å². The summed E-state index contributed by atoms with van der Waals surface area (Å²) in [5.74, 6) is -1.56. The van der Waals surface area contributed by atoms with Crippen LogP contribution in [0.3, 0.4) is 0 Å². The third-order valence-electron chi connectivity index (χ3n) is 6.29. The number of amides is 2. The summed E-state index contributed by atoms with van der Waals surface area (Å²) in [6.45, 7) is 8.40. The molecule has 3 N–H and O–H groups in total. The highest BCUT2D eigenvalue weighted by molar-refractivity contribution is 5.83. The quantitative estimate of drug-likeness (QED) is 0.446. The maximum Gasteiger partial charge on any atom is 0.407 e. The molecule has 0 aromatic heterocycles. The third-order valence-corrected chi connectivity index (χ3v) is 6.29. The molecule has 35 heavy (non-hydrogen) atoms. The number of nitrogens with one attached hydrogen (secondary N) is 2. The maximum atomic E-state index is 12.4. The van der Waals surface area contributed by atoms with E-state index in [0.717, 1.165) is 11.1 Å². The van der Waals surface area contributed by atoms with Gasteiger partial charge in [0.2, 0.25) is 5.91 Å². The zero-order valence-electron chi connectivity index (χ0n) is 21.0. The van der Waals surface area contributed by atoms with Crippen molar-refractivity contribution in [2.45, 2.75) is 58.9 Å². The Kier molecular flexibility index (Phi) is 8.54. The minimum Gasteiger partial charge on any atom is -0.480 e. The summed E-state index contributed by atoms with van der Waals surface area (Å²) in [7, 11) is 0. The van der Waals surface area contributed by atoms with Crippen LogP contribution in [0.1, 0.15) is 64.0 Å². The lowest BCUT2D eigenvalue weighted by molar-refractivity contribution is -0.142. The summed E-state index contributed by atoms with van der Waals surface area (Å²) in [6.07, 6.45) is 0.635. The zero-order chi connectivity index (χ0) is 25.6. The van der Waals surface area contributed by atoms with E-state index in [1.807, 2.05) is 52.0 Å². The van der Waals surface area contributed by atoms with E-state index in [4.69, 9.17) is 4.74 Å². The first-order chi connectivity index (χ1) is 16.5. The number of carboxylic acids is 1. The lowest BCUT2D eigenvalue weighted by Gasteiger charge is -2.22. The average Bonchev–Trinajstić information content (AvgIpc) is 3.12. The van der Waals surface area contributed by atoms with Gasteiger partial charge in [0.1, 0.15) is 12.6 Å². The van der Waals surface area contributed by atoms with Crippen LogP contribution < -0.4 is 10.6 Å². The number of hydrogen-bond donors (Lipinski definition) is 3. The van der Waals surface area contributed by atoms with Crippen LogP contribution >= 0.6 is 0 Å². The van der Waals surface area contributed by atoms with E-state index in [9.17, 15) is 19.5 Å². The van der Waals surface area contributed by atoms with Crippen LogP contribution in [0.15, 0.2) is 48.5 Å². The highest BCUT2D eigenvalue weighted by Crippen LogP contribution is 2.44. The number of carboxylic acid groups (broad SMARTS) is 1. The molecule has 2 amide bonds. The molecule has 2 aromatic carbocycles. The van der Waals surface area contributed by atoms with Gasteiger partial charge in [0.15, 0.2) is 0 Å². The standard InChI is InChI=1S/C28H36N2O5/c1-18(15-25(31)30-24(26(32)33)13-14-28(2,3)4)16-29-27(34)35-17-23-21-11-7-5-9-19(21)20-10-6-8-12-22(20)23/h5-12,18,23-24H,13-17H2,1-4H3,(H,29,34)(H,30,31)(H,32,33). The van der Waals surface area contributed by atoms with Crippen molar-refractivity contribution in [2.24, 2.45) is 11.3 Å². The second-order valence-electron chi connectivity index (χ2n) is 10.6. The van der Waals surface area contributed by atoms with E-state index in [1.165, 1.54) is 11.1 Å². The topological polar surface area (TPSA) is 105 Å². The number of alkyl carbamates (subject to hydrolysis) is 1. The van der Waals surface area contributed by atoms with Gasteiger partial charge in [-0.05, 0) is 46.4 Å². The molecular formula is C28H36N2O5. The van der Waals surface area contributed by atoms with Crippen LogP contribution in [0, 0.1) is 11.3 Å². The van der Waals surface area contributed by atoms with Crippen LogP contribution in [0.4, 0.5) is 4.79 Å². The summed E-state index contributed by atoms with van der Waals surface area (Å²) in [6, 6.07) is 15.4. The van der Waals surface area contributed by atoms with E-state index < -0.39 is 18.1 Å². The first-order valence-corrected chi connectivity index (χ1v) is 12.2. The summed E-state index contributed by atoms with van der Waals surface area (Å²) >= 11 is 0. The molecule has 0 spiro atoms. The van der Waals surface area contributed by atoms with E-state index in [1.54, 1.807) is 0 Å². The molecule has 2 atom stereocenters. The number of hydrogen-bond acceptors (Lipinski definition) is 4. The molecule has 2 unspecified atom stereocenters. The first-order valence-electron chi connectivity index (χ1n) is 12.2. The minimum atomic E-state index is -1.04. The van der Waals surface area contributed by atoms with Crippen molar-refractivity contribution in [2.75, 3.05) is 13.2 Å². The Morgan fingerprint density at radius 2 is 1.57 bits per heavy atom. The van der Waals surface area contributed by atoms with Crippen molar-refractivity contribution >= 4 is 18.0 Å². The van der Waals surface area contributed by atoms with Gasteiger partial charge in [-0.2, -0.15) is 0 Å². The Balaban J connectivity index is 1.44. The van der Waals surface area contributed by atoms with Crippen LogP contribution in [-0.4, -0.2) is 42.3 Å². The van der Waals surface area contributed by atoms with Crippen LogP contribution in [0.25, 0.3) is 11.1 Å². The lowest BCUT2D eigenvalue weighted by atomic mass is 9.88. The predicted molar refractivity (Wildman–Crippen MR) is 135 cm³/mol. The Labute approximate surface area is 207 Å². The fraction of sp³-hybridized carbons (Fsp3) is 0.464. The highest BCUT2D eigenvalue weighted by atomic mass is 16.5. The molecule has 188 valence electrons. The fourth-order valence-electron chi connectivity index (χ4n) is 4.38. The van der Waals surface area contributed by atoms with Crippen molar-refractivity contribution in [3.05, 3.63) is 59.7 Å². The van der Waals surface area contributed by atoms with Gasteiger partial charge >= 0.3 is 12.1 Å². The number of carbonyl (C=O) groups excluding carboxylic acids is 2. The normalized spacial score (nSPS) is 14.4. The number of carbonyl (C=O) groups is 3. The molecule has 2 aromatic rings. The molecule has 3 rings (SSSR count). The second kappa shape index (κ2) is 11.4. The molecule has 0 aliphatic heterocycles. The van der Waals surface area contributed by atoms with Crippen LogP contribution in [0.5, 0.6) is 0 Å². The molecule has 7 heteroatoms. The largest absolute Gasteiger partial charge is 0.480 e.